The smallest absolute Gasteiger partial charge is 0.330 e. The number of carbonyl (C=O) groups excluding carboxylic acids is 3. The minimum Gasteiger partial charge on any atom is -0.448 e. The van der Waals surface area contributed by atoms with Crippen LogP contribution in [0.2, 0.25) is 0 Å². The van der Waals surface area contributed by atoms with E-state index < -0.39 is 79.6 Å². The SMILES string of the molecule is C[C@@H]1C[C@H]2[C@@H]3C[C@H](F)C4=CC(=O)C=C[C@]4(C)[C@@]3(F)[C@@H](O)C[C@]2(C)[C@@]1(OC(=O)C1SCCS1)C(=O)SCF. The number of aliphatic hydroxyl groups is 1. The first-order chi connectivity index (χ1) is 17.4. The average molecular weight is 577 g/mol. The molecule has 1 N–H and O–H groups in total. The number of fused-ring (bicyclic) bond motifs is 5. The van der Waals surface area contributed by atoms with E-state index in [9.17, 15) is 23.9 Å². The van der Waals surface area contributed by atoms with Gasteiger partial charge in [-0.05, 0) is 61.6 Å². The first kappa shape index (κ1) is 27.6. The van der Waals surface area contributed by atoms with Crippen LogP contribution in [-0.4, -0.2) is 67.6 Å². The van der Waals surface area contributed by atoms with Gasteiger partial charge in [-0.1, -0.05) is 19.9 Å². The molecule has 0 bridgehead atoms. The Labute approximate surface area is 227 Å². The number of ketones is 1. The van der Waals surface area contributed by atoms with Gasteiger partial charge in [0.25, 0.3) is 0 Å². The van der Waals surface area contributed by atoms with Crippen molar-refractivity contribution in [3.8, 4) is 0 Å². The minimum atomic E-state index is -2.31. The number of carbonyl (C=O) groups is 3. The molecule has 0 aromatic carbocycles. The second kappa shape index (κ2) is 9.34. The Morgan fingerprint density at radius 3 is 2.54 bits per heavy atom. The summed E-state index contributed by atoms with van der Waals surface area (Å²) in [4.78, 5) is 38.9. The molecule has 0 aromatic heterocycles. The molecule has 5 nitrogen and oxygen atoms in total. The molecule has 0 unspecified atom stereocenters. The van der Waals surface area contributed by atoms with Crippen LogP contribution in [0.5, 0.6) is 0 Å². The van der Waals surface area contributed by atoms with Crippen molar-refractivity contribution in [2.45, 2.75) is 68.2 Å². The van der Waals surface area contributed by atoms with Crippen molar-refractivity contribution in [3.05, 3.63) is 23.8 Å². The number of hydrogen-bond donors (Lipinski definition) is 1. The molecule has 3 saturated carbocycles. The summed E-state index contributed by atoms with van der Waals surface area (Å²) in [6, 6.07) is -1.02. The summed E-state index contributed by atoms with van der Waals surface area (Å²) in [5.74, 6) is -1.74. The van der Waals surface area contributed by atoms with Gasteiger partial charge >= 0.3 is 5.97 Å². The van der Waals surface area contributed by atoms with Crippen LogP contribution < -0.4 is 0 Å². The third-order valence-corrected chi connectivity index (χ3v) is 13.4. The Hall–Kier alpha value is -0.910. The maximum atomic E-state index is 17.4. The summed E-state index contributed by atoms with van der Waals surface area (Å²) in [5, 5.41) is 10.9. The molecular formula is C26H31F3O5S3. The van der Waals surface area contributed by atoms with Crippen LogP contribution in [0, 0.1) is 28.6 Å². The maximum absolute atomic E-state index is 17.4. The van der Waals surface area contributed by atoms with Crippen LogP contribution in [0.4, 0.5) is 13.2 Å². The second-order valence-corrected chi connectivity index (χ2v) is 14.9. The summed E-state index contributed by atoms with van der Waals surface area (Å²) < 4.78 is 52.1. The Morgan fingerprint density at radius 2 is 1.89 bits per heavy atom. The molecule has 0 radical (unpaired) electrons. The number of ether oxygens (including phenoxy) is 1. The lowest BCUT2D eigenvalue weighted by molar-refractivity contribution is -0.228. The third kappa shape index (κ3) is 3.62. The predicted octanol–water partition coefficient (Wildman–Crippen LogP) is 4.83. The van der Waals surface area contributed by atoms with Gasteiger partial charge in [-0.2, -0.15) is 0 Å². The molecule has 0 spiro atoms. The normalized spacial score (nSPS) is 47.2. The maximum Gasteiger partial charge on any atom is 0.330 e. The molecule has 37 heavy (non-hydrogen) atoms. The van der Waals surface area contributed by atoms with Crippen LogP contribution >= 0.6 is 35.3 Å². The van der Waals surface area contributed by atoms with Gasteiger partial charge < -0.3 is 9.84 Å². The molecule has 9 atom stereocenters. The van der Waals surface area contributed by atoms with Gasteiger partial charge in [-0.3, -0.25) is 9.59 Å². The van der Waals surface area contributed by atoms with Gasteiger partial charge in [0.2, 0.25) is 5.12 Å². The molecule has 1 heterocycles. The molecule has 4 aliphatic carbocycles. The number of rotatable bonds is 4. The average Bonchev–Trinajstić information content (AvgIpc) is 3.45. The van der Waals surface area contributed by atoms with E-state index in [2.05, 4.69) is 0 Å². The van der Waals surface area contributed by atoms with Gasteiger partial charge in [-0.25, -0.2) is 18.0 Å². The monoisotopic (exact) mass is 576 g/mol. The number of esters is 1. The quantitative estimate of drug-likeness (QED) is 0.477. The highest BCUT2D eigenvalue weighted by Crippen LogP contribution is 2.72. The molecule has 204 valence electrons. The van der Waals surface area contributed by atoms with E-state index in [0.717, 1.165) is 17.6 Å². The molecule has 4 fully saturated rings. The lowest BCUT2D eigenvalue weighted by Gasteiger charge is -2.63. The van der Waals surface area contributed by atoms with Crippen molar-refractivity contribution < 1.29 is 37.4 Å². The molecule has 1 saturated heterocycles. The van der Waals surface area contributed by atoms with E-state index in [1.807, 2.05) is 0 Å². The first-order valence-corrected chi connectivity index (χ1v) is 15.6. The number of alkyl halides is 3. The minimum absolute atomic E-state index is 0.0180. The zero-order valence-electron chi connectivity index (χ0n) is 20.9. The van der Waals surface area contributed by atoms with Gasteiger partial charge in [-0.15, -0.1) is 23.5 Å². The summed E-state index contributed by atoms with van der Waals surface area (Å²) in [6.45, 7) is 4.94. The lowest BCUT2D eigenvalue weighted by Crippen LogP contribution is -2.70. The summed E-state index contributed by atoms with van der Waals surface area (Å²) in [6.07, 6.45) is 0.198. The van der Waals surface area contributed by atoms with Gasteiger partial charge in [0.05, 0.1) is 6.10 Å². The first-order valence-electron chi connectivity index (χ1n) is 12.5. The third-order valence-electron chi connectivity index (χ3n) is 9.73. The van der Waals surface area contributed by atoms with E-state index in [4.69, 9.17) is 4.74 Å². The highest BCUT2D eigenvalue weighted by molar-refractivity contribution is 8.21. The Kier molecular flexibility index (Phi) is 6.98. The molecule has 5 rings (SSSR count). The molecule has 5 aliphatic rings. The number of hydrogen-bond acceptors (Lipinski definition) is 8. The highest BCUT2D eigenvalue weighted by Gasteiger charge is 2.78. The zero-order valence-corrected chi connectivity index (χ0v) is 23.3. The molecular weight excluding hydrogens is 545 g/mol. The van der Waals surface area contributed by atoms with E-state index in [1.165, 1.54) is 42.6 Å². The second-order valence-electron chi connectivity index (χ2n) is 11.3. The lowest BCUT2D eigenvalue weighted by atomic mass is 9.44. The summed E-state index contributed by atoms with van der Waals surface area (Å²) in [5.41, 5.74) is -6.89. The van der Waals surface area contributed by atoms with Crippen molar-refractivity contribution in [2.75, 3.05) is 17.5 Å². The van der Waals surface area contributed by atoms with E-state index >= 15 is 8.78 Å². The summed E-state index contributed by atoms with van der Waals surface area (Å²) >= 11 is 3.24. The van der Waals surface area contributed by atoms with E-state index in [1.54, 1.807) is 13.8 Å². The highest BCUT2D eigenvalue weighted by atomic mass is 32.2. The van der Waals surface area contributed by atoms with Gasteiger partial charge in [0.1, 0.15) is 16.8 Å². The number of aliphatic hydroxyl groups excluding tert-OH is 1. The van der Waals surface area contributed by atoms with Crippen molar-refractivity contribution in [3.63, 3.8) is 0 Å². The number of thioether (sulfide) groups is 3. The number of halogens is 3. The van der Waals surface area contributed by atoms with Crippen LogP contribution in [0.25, 0.3) is 0 Å². The van der Waals surface area contributed by atoms with Crippen LogP contribution in [-0.2, 0) is 19.1 Å². The number of allylic oxidation sites excluding steroid dienone is 4. The fourth-order valence-corrected chi connectivity index (χ4v) is 11.4. The summed E-state index contributed by atoms with van der Waals surface area (Å²) in [7, 11) is 0. The van der Waals surface area contributed by atoms with Crippen molar-refractivity contribution in [1.82, 2.24) is 0 Å². The van der Waals surface area contributed by atoms with Gasteiger partial charge in [0, 0.05) is 34.2 Å². The Morgan fingerprint density at radius 1 is 1.22 bits per heavy atom. The predicted molar refractivity (Wildman–Crippen MR) is 139 cm³/mol. The largest absolute Gasteiger partial charge is 0.448 e. The molecule has 0 amide bonds. The molecule has 1 aliphatic heterocycles. The van der Waals surface area contributed by atoms with Crippen LogP contribution in [0.15, 0.2) is 23.8 Å². The Bertz CT molecular complexity index is 1080. The van der Waals surface area contributed by atoms with Crippen molar-refractivity contribution in [1.29, 1.82) is 0 Å². The van der Waals surface area contributed by atoms with Crippen molar-refractivity contribution >= 4 is 52.2 Å². The van der Waals surface area contributed by atoms with E-state index in [-0.39, 0.29) is 24.8 Å². The fraction of sp³-hybridized carbons (Fsp3) is 0.731. The molecule has 0 aromatic rings. The standard InChI is InChI=1S/C26H31F3O5S3/c1-13-8-15-16-10-18(28)17-9-14(30)4-5-23(17,2)25(16,29)19(31)11-24(15,3)26(13,22(33)37-12-27)34-20(32)21-35-6-7-36-21/h4-5,9,13,15-16,18-19,21,31H,6-8,10-12H2,1-3H3/t13-,15+,16+,18+,19+,23+,24+,25+,26+/m1/s1. The van der Waals surface area contributed by atoms with Crippen LogP contribution in [0.1, 0.15) is 40.0 Å². The van der Waals surface area contributed by atoms with E-state index in [0.29, 0.717) is 11.8 Å². The topological polar surface area (TPSA) is 80.7 Å². The zero-order chi connectivity index (χ0) is 27.0. The molecule has 11 heteroatoms. The Balaban J connectivity index is 1.61. The fourth-order valence-electron chi connectivity index (χ4n) is 8.08. The van der Waals surface area contributed by atoms with Crippen molar-refractivity contribution in [2.24, 2.45) is 28.6 Å². The van der Waals surface area contributed by atoms with Gasteiger partial charge in [0.15, 0.2) is 17.1 Å². The van der Waals surface area contributed by atoms with Crippen LogP contribution in [0.3, 0.4) is 0 Å².